The molecule has 0 amide bonds. The molecule has 0 unspecified atom stereocenters. The lowest BCUT2D eigenvalue weighted by Crippen LogP contribution is -2.16. The average Bonchev–Trinajstić information content (AvgIpc) is 2.80. The van der Waals surface area contributed by atoms with E-state index in [2.05, 4.69) is 0 Å². The molecule has 0 spiro atoms. The first-order valence-corrected chi connectivity index (χ1v) is 6.92. The van der Waals surface area contributed by atoms with Crippen molar-refractivity contribution in [2.45, 2.75) is 17.1 Å². The number of rotatable bonds is 4. The summed E-state index contributed by atoms with van der Waals surface area (Å²) < 4.78 is 23.5. The van der Waals surface area contributed by atoms with Crippen molar-refractivity contribution in [3.63, 3.8) is 0 Å². The second-order valence-electron chi connectivity index (χ2n) is 3.43. The molecule has 0 aliphatic heterocycles. The van der Waals surface area contributed by atoms with Crippen LogP contribution in [0.2, 0.25) is 0 Å². The molecule has 2 rings (SSSR count). The van der Waals surface area contributed by atoms with Gasteiger partial charge in [-0.05, 0) is 24.3 Å². The van der Waals surface area contributed by atoms with Crippen molar-refractivity contribution in [3.8, 4) is 0 Å². The molecule has 0 aromatic carbocycles. The molecule has 0 radical (unpaired) electrons. The van der Waals surface area contributed by atoms with Gasteiger partial charge in [-0.15, -0.1) is 11.3 Å². The van der Waals surface area contributed by atoms with Gasteiger partial charge in [0.1, 0.15) is 9.96 Å². The Bertz CT molecular complexity index is 427. The molecule has 0 saturated heterocycles. The largest absolute Gasteiger partial charge is 0.298 e. The Labute approximate surface area is 86.7 Å². The molecule has 3 nitrogen and oxygen atoms in total. The van der Waals surface area contributed by atoms with Crippen LogP contribution in [0, 0.1) is 5.92 Å². The standard InChI is InChI=1S/C9H10O3S2/c10-8(7-3-4-7)6-14(11,12)9-2-1-5-13-9/h1-2,5,7H,3-4,6H2. The van der Waals surface area contributed by atoms with E-state index in [-0.39, 0.29) is 17.5 Å². The molecule has 0 atom stereocenters. The van der Waals surface area contributed by atoms with Crippen molar-refractivity contribution in [2.75, 3.05) is 5.75 Å². The summed E-state index contributed by atoms with van der Waals surface area (Å²) in [4.78, 5) is 11.3. The predicted molar refractivity (Wildman–Crippen MR) is 54.1 cm³/mol. The van der Waals surface area contributed by atoms with Crippen molar-refractivity contribution in [1.82, 2.24) is 0 Å². The fourth-order valence-corrected chi connectivity index (χ4v) is 3.64. The van der Waals surface area contributed by atoms with Crippen LogP contribution >= 0.6 is 11.3 Å². The number of Topliss-reactive ketones (excluding diaryl/α,β-unsaturated/α-hetero) is 1. The van der Waals surface area contributed by atoms with E-state index in [1.807, 2.05) is 0 Å². The number of carbonyl (C=O) groups excluding carboxylic acids is 1. The Hall–Kier alpha value is -0.680. The van der Waals surface area contributed by atoms with Crippen LogP contribution in [0.4, 0.5) is 0 Å². The van der Waals surface area contributed by atoms with Gasteiger partial charge < -0.3 is 0 Å². The summed E-state index contributed by atoms with van der Waals surface area (Å²) in [6.45, 7) is 0. The van der Waals surface area contributed by atoms with E-state index in [9.17, 15) is 13.2 Å². The van der Waals surface area contributed by atoms with E-state index in [0.29, 0.717) is 4.21 Å². The smallest absolute Gasteiger partial charge is 0.194 e. The molecule has 1 aliphatic carbocycles. The maximum atomic E-state index is 11.6. The van der Waals surface area contributed by atoms with E-state index in [0.717, 1.165) is 24.2 Å². The third-order valence-electron chi connectivity index (χ3n) is 2.17. The third-order valence-corrected chi connectivity index (χ3v) is 5.29. The van der Waals surface area contributed by atoms with Gasteiger partial charge in [0.15, 0.2) is 15.6 Å². The summed E-state index contributed by atoms with van der Waals surface area (Å²) in [5, 5.41) is 1.70. The highest BCUT2D eigenvalue weighted by molar-refractivity contribution is 7.94. The Kier molecular flexibility index (Phi) is 2.45. The molecule has 14 heavy (non-hydrogen) atoms. The highest BCUT2D eigenvalue weighted by Gasteiger charge is 2.33. The van der Waals surface area contributed by atoms with E-state index in [1.165, 1.54) is 0 Å². The Balaban J connectivity index is 2.13. The zero-order valence-electron chi connectivity index (χ0n) is 7.47. The van der Waals surface area contributed by atoms with Crippen molar-refractivity contribution < 1.29 is 13.2 Å². The first-order valence-electron chi connectivity index (χ1n) is 4.38. The van der Waals surface area contributed by atoms with Crippen molar-refractivity contribution >= 4 is 27.0 Å². The topological polar surface area (TPSA) is 51.2 Å². The number of ketones is 1. The van der Waals surface area contributed by atoms with Gasteiger partial charge in [-0.3, -0.25) is 4.79 Å². The van der Waals surface area contributed by atoms with Gasteiger partial charge in [0, 0.05) is 5.92 Å². The van der Waals surface area contributed by atoms with Crippen molar-refractivity contribution in [1.29, 1.82) is 0 Å². The van der Waals surface area contributed by atoms with Gasteiger partial charge >= 0.3 is 0 Å². The molecule has 0 N–H and O–H groups in total. The minimum absolute atomic E-state index is 0.0183. The molecule has 5 heteroatoms. The number of thiophene rings is 1. The molecular formula is C9H10O3S2. The quantitative estimate of drug-likeness (QED) is 0.787. The zero-order valence-corrected chi connectivity index (χ0v) is 9.10. The Morgan fingerprint density at radius 1 is 1.50 bits per heavy atom. The van der Waals surface area contributed by atoms with Crippen LogP contribution in [0.25, 0.3) is 0 Å². The lowest BCUT2D eigenvalue weighted by molar-refractivity contribution is -0.117. The maximum Gasteiger partial charge on any atom is 0.194 e. The Morgan fingerprint density at radius 3 is 2.71 bits per heavy atom. The van der Waals surface area contributed by atoms with Crippen molar-refractivity contribution in [2.24, 2.45) is 5.92 Å². The first-order chi connectivity index (χ1) is 6.59. The average molecular weight is 230 g/mol. The van der Waals surface area contributed by atoms with Gasteiger partial charge in [0.05, 0.1) is 0 Å². The second kappa shape index (κ2) is 3.47. The van der Waals surface area contributed by atoms with Crippen LogP contribution in [-0.4, -0.2) is 20.0 Å². The van der Waals surface area contributed by atoms with Gasteiger partial charge in [-0.2, -0.15) is 0 Å². The van der Waals surface area contributed by atoms with Crippen LogP contribution in [-0.2, 0) is 14.6 Å². The summed E-state index contributed by atoms with van der Waals surface area (Å²) in [6.07, 6.45) is 1.72. The Morgan fingerprint density at radius 2 is 2.21 bits per heavy atom. The maximum absolute atomic E-state index is 11.6. The number of hydrogen-bond acceptors (Lipinski definition) is 4. The molecule has 1 heterocycles. The van der Waals surface area contributed by atoms with E-state index in [1.54, 1.807) is 17.5 Å². The van der Waals surface area contributed by atoms with Crippen LogP contribution in [0.5, 0.6) is 0 Å². The molecule has 1 aromatic rings. The molecular weight excluding hydrogens is 220 g/mol. The molecule has 1 fully saturated rings. The first kappa shape index (κ1) is 9.86. The molecule has 1 aliphatic rings. The van der Waals surface area contributed by atoms with Crippen LogP contribution in [0.3, 0.4) is 0 Å². The van der Waals surface area contributed by atoms with E-state index >= 15 is 0 Å². The monoisotopic (exact) mass is 230 g/mol. The van der Waals surface area contributed by atoms with Gasteiger partial charge in [0.2, 0.25) is 0 Å². The lowest BCUT2D eigenvalue weighted by Gasteiger charge is -1.99. The lowest BCUT2D eigenvalue weighted by atomic mass is 10.3. The fourth-order valence-electron chi connectivity index (χ4n) is 1.22. The van der Waals surface area contributed by atoms with E-state index < -0.39 is 9.84 Å². The van der Waals surface area contributed by atoms with Crippen LogP contribution < -0.4 is 0 Å². The predicted octanol–water partition coefficient (Wildman–Crippen LogP) is 1.50. The highest BCUT2D eigenvalue weighted by Crippen LogP contribution is 2.31. The van der Waals surface area contributed by atoms with Crippen LogP contribution in [0.1, 0.15) is 12.8 Å². The molecule has 0 bridgehead atoms. The third kappa shape index (κ3) is 2.04. The van der Waals surface area contributed by atoms with Gasteiger partial charge in [0.25, 0.3) is 0 Å². The molecule has 1 aromatic heterocycles. The number of sulfone groups is 1. The SMILES string of the molecule is O=C(CS(=O)(=O)c1cccs1)C1CC1. The minimum atomic E-state index is -3.35. The summed E-state index contributed by atoms with van der Waals surface area (Å²) in [5.41, 5.74) is 0. The summed E-state index contributed by atoms with van der Waals surface area (Å²) in [6, 6.07) is 3.22. The van der Waals surface area contributed by atoms with Crippen LogP contribution in [0.15, 0.2) is 21.7 Å². The van der Waals surface area contributed by atoms with E-state index in [4.69, 9.17) is 0 Å². The van der Waals surface area contributed by atoms with Crippen molar-refractivity contribution in [3.05, 3.63) is 17.5 Å². The summed E-state index contributed by atoms with van der Waals surface area (Å²) >= 11 is 1.16. The highest BCUT2D eigenvalue weighted by atomic mass is 32.2. The summed E-state index contributed by atoms with van der Waals surface area (Å²) in [5.74, 6) is -0.429. The normalized spacial score (nSPS) is 16.9. The number of carbonyl (C=O) groups is 1. The number of hydrogen-bond donors (Lipinski definition) is 0. The minimum Gasteiger partial charge on any atom is -0.298 e. The molecule has 1 saturated carbocycles. The summed E-state index contributed by atoms with van der Waals surface area (Å²) in [7, 11) is -3.35. The zero-order chi connectivity index (χ0) is 10.2. The second-order valence-corrected chi connectivity index (χ2v) is 6.60. The molecule has 76 valence electrons. The van der Waals surface area contributed by atoms with Gasteiger partial charge in [-0.1, -0.05) is 6.07 Å². The van der Waals surface area contributed by atoms with Gasteiger partial charge in [-0.25, -0.2) is 8.42 Å². The fraction of sp³-hybridized carbons (Fsp3) is 0.444.